The standard InChI is InChI=1S/C19H11ClFNO/c20-17-11-14(6-8-18(17)21)19-9-7-16(23-19)10-15(12-22)13-4-2-1-3-5-13/h1-11H/b15-10+. The van der Waals surface area contributed by atoms with E-state index in [4.69, 9.17) is 16.0 Å². The van der Waals surface area contributed by atoms with E-state index < -0.39 is 5.82 Å². The highest BCUT2D eigenvalue weighted by atomic mass is 35.5. The number of hydrogen-bond donors (Lipinski definition) is 0. The maximum atomic E-state index is 13.2. The van der Waals surface area contributed by atoms with Gasteiger partial charge in [-0.05, 0) is 42.0 Å². The van der Waals surface area contributed by atoms with Crippen molar-refractivity contribution in [3.8, 4) is 17.4 Å². The van der Waals surface area contributed by atoms with Gasteiger partial charge in [-0.25, -0.2) is 4.39 Å². The van der Waals surface area contributed by atoms with Gasteiger partial charge in [0.1, 0.15) is 17.3 Å². The van der Waals surface area contributed by atoms with Crippen molar-refractivity contribution in [2.75, 3.05) is 0 Å². The molecule has 0 unspecified atom stereocenters. The lowest BCUT2D eigenvalue weighted by atomic mass is 10.1. The zero-order chi connectivity index (χ0) is 16.2. The zero-order valence-electron chi connectivity index (χ0n) is 12.0. The van der Waals surface area contributed by atoms with E-state index in [1.165, 1.54) is 12.1 Å². The molecule has 3 rings (SSSR count). The third-order valence-electron chi connectivity index (χ3n) is 3.32. The first kappa shape index (κ1) is 15.1. The van der Waals surface area contributed by atoms with Crippen molar-refractivity contribution in [3.05, 3.63) is 82.8 Å². The van der Waals surface area contributed by atoms with E-state index in [2.05, 4.69) is 6.07 Å². The Hall–Kier alpha value is -2.83. The van der Waals surface area contributed by atoms with Gasteiger partial charge in [-0.1, -0.05) is 41.9 Å². The number of nitriles is 1. The minimum atomic E-state index is -0.474. The van der Waals surface area contributed by atoms with Crippen molar-refractivity contribution in [1.82, 2.24) is 0 Å². The second kappa shape index (κ2) is 6.51. The van der Waals surface area contributed by atoms with Crippen LogP contribution in [0.3, 0.4) is 0 Å². The molecule has 0 amide bonds. The predicted octanol–water partition coefficient (Wildman–Crippen LogP) is 5.80. The maximum Gasteiger partial charge on any atom is 0.141 e. The number of halogens is 2. The molecule has 0 aliphatic rings. The summed E-state index contributed by atoms with van der Waals surface area (Å²) in [6.45, 7) is 0. The Kier molecular flexibility index (Phi) is 4.27. The summed E-state index contributed by atoms with van der Waals surface area (Å²) in [5.41, 5.74) is 2.00. The minimum absolute atomic E-state index is 0.0398. The third kappa shape index (κ3) is 3.33. The van der Waals surface area contributed by atoms with Crippen LogP contribution < -0.4 is 0 Å². The van der Waals surface area contributed by atoms with Gasteiger partial charge in [0.25, 0.3) is 0 Å². The molecule has 0 fully saturated rings. The first-order chi connectivity index (χ1) is 11.2. The molecule has 0 radical (unpaired) electrons. The van der Waals surface area contributed by atoms with Crippen LogP contribution in [0.1, 0.15) is 11.3 Å². The largest absolute Gasteiger partial charge is 0.457 e. The molecule has 4 heteroatoms. The Labute approximate surface area is 138 Å². The minimum Gasteiger partial charge on any atom is -0.457 e. The van der Waals surface area contributed by atoms with E-state index in [0.29, 0.717) is 22.7 Å². The highest BCUT2D eigenvalue weighted by Gasteiger charge is 2.08. The lowest BCUT2D eigenvalue weighted by molar-refractivity contribution is 0.571. The van der Waals surface area contributed by atoms with Crippen LogP contribution in [0.15, 0.2) is 65.1 Å². The average molecular weight is 324 g/mol. The van der Waals surface area contributed by atoms with Gasteiger partial charge in [0.05, 0.1) is 16.7 Å². The molecule has 2 nitrogen and oxygen atoms in total. The second-order valence-electron chi connectivity index (χ2n) is 4.87. The molecule has 1 aromatic heterocycles. The van der Waals surface area contributed by atoms with Gasteiger partial charge in [-0.2, -0.15) is 5.26 Å². The number of furan rings is 1. The van der Waals surface area contributed by atoms with E-state index in [1.807, 2.05) is 30.3 Å². The van der Waals surface area contributed by atoms with E-state index in [9.17, 15) is 9.65 Å². The fraction of sp³-hybridized carbons (Fsp3) is 0. The van der Waals surface area contributed by atoms with Crippen molar-refractivity contribution in [3.63, 3.8) is 0 Å². The summed E-state index contributed by atoms with van der Waals surface area (Å²) in [6, 6.07) is 19.4. The summed E-state index contributed by atoms with van der Waals surface area (Å²) in [5.74, 6) is 0.627. The second-order valence-corrected chi connectivity index (χ2v) is 5.27. The Morgan fingerprint density at radius 2 is 1.87 bits per heavy atom. The van der Waals surface area contributed by atoms with E-state index in [1.54, 1.807) is 24.3 Å². The summed E-state index contributed by atoms with van der Waals surface area (Å²) >= 11 is 5.79. The quantitative estimate of drug-likeness (QED) is 0.571. The molecule has 0 aliphatic carbocycles. The van der Waals surface area contributed by atoms with Gasteiger partial charge < -0.3 is 4.42 Å². The topological polar surface area (TPSA) is 36.9 Å². The number of nitrogens with zero attached hydrogens (tertiary/aromatic N) is 1. The highest BCUT2D eigenvalue weighted by molar-refractivity contribution is 6.31. The van der Waals surface area contributed by atoms with Crippen molar-refractivity contribution in [1.29, 1.82) is 5.26 Å². The monoisotopic (exact) mass is 323 g/mol. The smallest absolute Gasteiger partial charge is 0.141 e. The summed E-state index contributed by atoms with van der Waals surface area (Å²) in [5, 5.41) is 9.35. The van der Waals surface area contributed by atoms with Gasteiger partial charge in [-0.15, -0.1) is 0 Å². The van der Waals surface area contributed by atoms with Crippen molar-refractivity contribution < 1.29 is 8.81 Å². The fourth-order valence-corrected chi connectivity index (χ4v) is 2.36. The lowest BCUT2D eigenvalue weighted by Gasteiger charge is -1.99. The van der Waals surface area contributed by atoms with Crippen LogP contribution in [0.2, 0.25) is 5.02 Å². The van der Waals surface area contributed by atoms with Crippen LogP contribution in [-0.4, -0.2) is 0 Å². The first-order valence-electron chi connectivity index (χ1n) is 6.90. The van der Waals surface area contributed by atoms with Crippen LogP contribution in [0.4, 0.5) is 4.39 Å². The molecule has 0 aliphatic heterocycles. The normalized spacial score (nSPS) is 11.3. The molecular formula is C19H11ClFNO. The molecule has 0 spiro atoms. The molecule has 0 saturated carbocycles. The summed E-state index contributed by atoms with van der Waals surface area (Å²) in [4.78, 5) is 0. The Balaban J connectivity index is 1.94. The van der Waals surface area contributed by atoms with E-state index in [-0.39, 0.29) is 5.02 Å². The Bertz CT molecular complexity index is 907. The summed E-state index contributed by atoms with van der Waals surface area (Å²) in [6.07, 6.45) is 1.67. The third-order valence-corrected chi connectivity index (χ3v) is 3.61. The van der Waals surface area contributed by atoms with Crippen LogP contribution >= 0.6 is 11.6 Å². The molecular weight excluding hydrogens is 313 g/mol. The van der Waals surface area contributed by atoms with Gasteiger partial charge in [-0.3, -0.25) is 0 Å². The first-order valence-corrected chi connectivity index (χ1v) is 7.27. The van der Waals surface area contributed by atoms with Crippen molar-refractivity contribution in [2.45, 2.75) is 0 Å². The van der Waals surface area contributed by atoms with Crippen LogP contribution in [0.5, 0.6) is 0 Å². The van der Waals surface area contributed by atoms with Crippen LogP contribution in [0, 0.1) is 17.1 Å². The lowest BCUT2D eigenvalue weighted by Crippen LogP contribution is -1.80. The molecule has 23 heavy (non-hydrogen) atoms. The SMILES string of the molecule is N#C/C(=C\c1ccc(-c2ccc(F)c(Cl)c2)o1)c1ccccc1. The fourth-order valence-electron chi connectivity index (χ4n) is 2.18. The van der Waals surface area contributed by atoms with Gasteiger partial charge in [0, 0.05) is 5.56 Å². The van der Waals surface area contributed by atoms with Crippen LogP contribution in [0.25, 0.3) is 23.0 Å². The predicted molar refractivity (Wildman–Crippen MR) is 89.0 cm³/mol. The molecule has 0 bridgehead atoms. The molecule has 1 heterocycles. The zero-order valence-corrected chi connectivity index (χ0v) is 12.7. The van der Waals surface area contributed by atoms with Gasteiger partial charge in [0.2, 0.25) is 0 Å². The molecule has 0 N–H and O–H groups in total. The summed E-state index contributed by atoms with van der Waals surface area (Å²) < 4.78 is 18.9. The van der Waals surface area contributed by atoms with Crippen LogP contribution in [-0.2, 0) is 0 Å². The number of allylic oxidation sites excluding steroid dienone is 1. The molecule has 112 valence electrons. The average Bonchev–Trinajstić information content (AvgIpc) is 3.04. The van der Waals surface area contributed by atoms with Crippen molar-refractivity contribution >= 4 is 23.3 Å². The van der Waals surface area contributed by atoms with Gasteiger partial charge in [0.15, 0.2) is 0 Å². The molecule has 0 atom stereocenters. The summed E-state index contributed by atoms with van der Waals surface area (Å²) in [7, 11) is 0. The molecule has 0 saturated heterocycles. The molecule has 2 aromatic carbocycles. The van der Waals surface area contributed by atoms with E-state index >= 15 is 0 Å². The Morgan fingerprint density at radius 1 is 1.09 bits per heavy atom. The van der Waals surface area contributed by atoms with Gasteiger partial charge >= 0.3 is 0 Å². The number of hydrogen-bond acceptors (Lipinski definition) is 2. The number of rotatable bonds is 3. The maximum absolute atomic E-state index is 13.2. The Morgan fingerprint density at radius 3 is 2.57 bits per heavy atom. The van der Waals surface area contributed by atoms with E-state index in [0.717, 1.165) is 5.56 Å². The van der Waals surface area contributed by atoms with Crippen molar-refractivity contribution in [2.24, 2.45) is 0 Å². The highest BCUT2D eigenvalue weighted by Crippen LogP contribution is 2.28. The number of benzene rings is 2. The molecule has 3 aromatic rings.